The van der Waals surface area contributed by atoms with Gasteiger partial charge in [-0.25, -0.2) is 4.98 Å². The van der Waals surface area contributed by atoms with Crippen molar-refractivity contribution >= 4 is 5.82 Å². The highest BCUT2D eigenvalue weighted by Gasteiger charge is 2.26. The third-order valence-corrected chi connectivity index (χ3v) is 3.91. The molecule has 22 heavy (non-hydrogen) atoms. The van der Waals surface area contributed by atoms with Gasteiger partial charge in [0.2, 0.25) is 0 Å². The fraction of sp³-hybridized carbons (Fsp3) is 0.533. The van der Waals surface area contributed by atoms with E-state index in [1.165, 1.54) is 5.56 Å². The predicted octanol–water partition coefficient (Wildman–Crippen LogP) is 1.15. The molecule has 2 aromatic rings. The molecule has 1 saturated heterocycles. The second kappa shape index (κ2) is 6.41. The van der Waals surface area contributed by atoms with Crippen molar-refractivity contribution in [3.63, 3.8) is 0 Å². The number of aryl methyl sites for hydroxylation is 1. The predicted molar refractivity (Wildman–Crippen MR) is 83.7 cm³/mol. The Kier molecular flexibility index (Phi) is 4.35. The van der Waals surface area contributed by atoms with Crippen LogP contribution in [0.4, 0.5) is 5.82 Å². The first-order valence-electron chi connectivity index (χ1n) is 7.46. The van der Waals surface area contributed by atoms with E-state index in [-0.39, 0.29) is 6.10 Å². The monoisotopic (exact) mass is 302 g/mol. The van der Waals surface area contributed by atoms with E-state index < -0.39 is 0 Å². The number of aromatic nitrogens is 4. The second-order valence-electron chi connectivity index (χ2n) is 5.77. The molecule has 118 valence electrons. The molecule has 1 aliphatic rings. The molecule has 0 aliphatic carbocycles. The largest absolute Gasteiger partial charge is 0.369 e. The number of nitrogens with zero attached hydrogens (tertiary/aromatic N) is 5. The summed E-state index contributed by atoms with van der Waals surface area (Å²) in [7, 11) is 3.95. The fourth-order valence-electron chi connectivity index (χ4n) is 2.70. The van der Waals surface area contributed by atoms with Crippen molar-refractivity contribution in [3.05, 3.63) is 35.5 Å². The van der Waals surface area contributed by atoms with Gasteiger partial charge in [0.25, 0.3) is 0 Å². The lowest BCUT2D eigenvalue weighted by atomic mass is 10.1. The molecule has 1 atom stereocenters. The zero-order valence-electron chi connectivity index (χ0n) is 13.3. The Balaban J connectivity index is 1.75. The summed E-state index contributed by atoms with van der Waals surface area (Å²) in [4.78, 5) is 13.3. The van der Waals surface area contributed by atoms with Crippen molar-refractivity contribution in [1.82, 2.24) is 25.1 Å². The molecule has 7 heteroatoms. The number of hydrogen-bond acceptors (Lipinski definition) is 6. The van der Waals surface area contributed by atoms with E-state index in [2.05, 4.69) is 25.1 Å². The molecule has 0 radical (unpaired) electrons. The van der Waals surface area contributed by atoms with Crippen LogP contribution in [-0.4, -0.2) is 58.9 Å². The summed E-state index contributed by atoms with van der Waals surface area (Å²) in [6.45, 7) is 5.35. The Morgan fingerprint density at radius 3 is 2.91 bits per heavy atom. The zero-order chi connectivity index (χ0) is 15.5. The number of rotatable bonds is 4. The Morgan fingerprint density at radius 2 is 2.18 bits per heavy atom. The Hall–Kier alpha value is -1.99. The highest BCUT2D eigenvalue weighted by molar-refractivity contribution is 5.42. The topological polar surface area (TPSA) is 70.2 Å². The zero-order valence-corrected chi connectivity index (χ0v) is 13.3. The van der Waals surface area contributed by atoms with Gasteiger partial charge >= 0.3 is 0 Å². The van der Waals surface area contributed by atoms with Crippen LogP contribution in [0.1, 0.15) is 23.1 Å². The maximum absolute atomic E-state index is 5.94. The molecule has 3 rings (SSSR count). The van der Waals surface area contributed by atoms with Crippen molar-refractivity contribution < 1.29 is 4.74 Å². The van der Waals surface area contributed by atoms with Crippen molar-refractivity contribution in [2.45, 2.75) is 19.6 Å². The number of anilines is 1. The molecule has 1 unspecified atom stereocenters. The van der Waals surface area contributed by atoms with Gasteiger partial charge in [0, 0.05) is 57.4 Å². The van der Waals surface area contributed by atoms with Crippen LogP contribution in [-0.2, 0) is 11.3 Å². The first kappa shape index (κ1) is 14.9. The average Bonchev–Trinajstić information content (AvgIpc) is 2.93. The Labute approximate surface area is 130 Å². The second-order valence-corrected chi connectivity index (χ2v) is 5.77. The first-order valence-corrected chi connectivity index (χ1v) is 7.46. The number of ether oxygens (including phenoxy) is 1. The van der Waals surface area contributed by atoms with Gasteiger partial charge < -0.3 is 9.64 Å². The normalized spacial score (nSPS) is 19.3. The molecule has 3 heterocycles. The van der Waals surface area contributed by atoms with Crippen molar-refractivity contribution in [3.8, 4) is 0 Å². The lowest BCUT2D eigenvalue weighted by Crippen LogP contribution is -2.38. The molecule has 1 aliphatic heterocycles. The lowest BCUT2D eigenvalue weighted by molar-refractivity contribution is -0.0349. The fourth-order valence-corrected chi connectivity index (χ4v) is 2.70. The van der Waals surface area contributed by atoms with Gasteiger partial charge in [0.1, 0.15) is 11.8 Å². The summed E-state index contributed by atoms with van der Waals surface area (Å²) in [6, 6.07) is 0. The van der Waals surface area contributed by atoms with Crippen LogP contribution in [0.3, 0.4) is 0 Å². The van der Waals surface area contributed by atoms with Gasteiger partial charge in [-0.1, -0.05) is 0 Å². The Bertz CT molecular complexity index is 626. The Morgan fingerprint density at radius 1 is 1.36 bits per heavy atom. The minimum atomic E-state index is -0.0490. The van der Waals surface area contributed by atoms with Crippen molar-refractivity contribution in [1.29, 1.82) is 0 Å². The number of aromatic amines is 1. The maximum Gasteiger partial charge on any atom is 0.152 e. The van der Waals surface area contributed by atoms with Gasteiger partial charge in [0.15, 0.2) is 5.82 Å². The molecule has 0 bridgehead atoms. The van der Waals surface area contributed by atoms with Gasteiger partial charge in [-0.3, -0.25) is 15.0 Å². The maximum atomic E-state index is 5.94. The summed E-state index contributed by atoms with van der Waals surface area (Å²) in [5, 5.41) is 7.08. The number of H-pyrrole nitrogens is 1. The third-order valence-electron chi connectivity index (χ3n) is 3.91. The van der Waals surface area contributed by atoms with Crippen LogP contribution in [0, 0.1) is 6.92 Å². The standard InChI is InChI=1S/C15H22N6O/c1-11-12(8-18-19-11)9-21-6-7-22-13(10-21)14-15(20(2)3)17-5-4-16-14/h4-5,8,13H,6-7,9-10H2,1-3H3,(H,18,19). The molecule has 1 N–H and O–H groups in total. The number of hydrogen-bond donors (Lipinski definition) is 1. The van der Waals surface area contributed by atoms with Crippen LogP contribution in [0.15, 0.2) is 18.6 Å². The van der Waals surface area contributed by atoms with E-state index in [0.29, 0.717) is 6.61 Å². The molecule has 1 fully saturated rings. The molecule has 2 aromatic heterocycles. The number of nitrogens with one attached hydrogen (secondary N) is 1. The van der Waals surface area contributed by atoms with E-state index in [4.69, 9.17) is 4.74 Å². The van der Waals surface area contributed by atoms with Crippen LogP contribution in [0.5, 0.6) is 0 Å². The smallest absolute Gasteiger partial charge is 0.152 e. The number of morpholine rings is 1. The summed E-state index contributed by atoms with van der Waals surface area (Å²) < 4.78 is 5.94. The molecule has 0 spiro atoms. The molecular formula is C15H22N6O. The van der Waals surface area contributed by atoms with Gasteiger partial charge in [-0.05, 0) is 6.92 Å². The minimum Gasteiger partial charge on any atom is -0.369 e. The van der Waals surface area contributed by atoms with Gasteiger partial charge in [-0.15, -0.1) is 0 Å². The van der Waals surface area contributed by atoms with Gasteiger partial charge in [0.05, 0.1) is 12.8 Å². The molecule has 0 amide bonds. The van der Waals surface area contributed by atoms with Gasteiger partial charge in [-0.2, -0.15) is 5.10 Å². The first-order chi connectivity index (χ1) is 10.6. The van der Waals surface area contributed by atoms with E-state index >= 15 is 0 Å². The average molecular weight is 302 g/mol. The van der Waals surface area contributed by atoms with E-state index in [0.717, 1.165) is 36.8 Å². The third kappa shape index (κ3) is 3.10. The van der Waals surface area contributed by atoms with Crippen LogP contribution >= 0.6 is 0 Å². The molecule has 0 aromatic carbocycles. The highest BCUT2D eigenvalue weighted by atomic mass is 16.5. The summed E-state index contributed by atoms with van der Waals surface area (Å²) in [5.74, 6) is 0.869. The van der Waals surface area contributed by atoms with E-state index in [1.54, 1.807) is 12.4 Å². The highest BCUT2D eigenvalue weighted by Crippen LogP contribution is 2.27. The van der Waals surface area contributed by atoms with E-state index in [1.807, 2.05) is 32.1 Å². The quantitative estimate of drug-likeness (QED) is 0.913. The van der Waals surface area contributed by atoms with E-state index in [9.17, 15) is 0 Å². The van der Waals surface area contributed by atoms with Crippen LogP contribution in [0.25, 0.3) is 0 Å². The lowest BCUT2D eigenvalue weighted by Gasteiger charge is -2.33. The minimum absolute atomic E-state index is 0.0490. The van der Waals surface area contributed by atoms with Crippen LogP contribution < -0.4 is 4.90 Å². The summed E-state index contributed by atoms with van der Waals surface area (Å²) >= 11 is 0. The molecule has 7 nitrogen and oxygen atoms in total. The molecular weight excluding hydrogens is 280 g/mol. The van der Waals surface area contributed by atoms with Crippen LogP contribution in [0.2, 0.25) is 0 Å². The SMILES string of the molecule is Cc1[nH]ncc1CN1CCOC(c2nccnc2N(C)C)C1. The van der Waals surface area contributed by atoms with Crippen molar-refractivity contribution in [2.75, 3.05) is 38.7 Å². The van der Waals surface area contributed by atoms with Crippen molar-refractivity contribution in [2.24, 2.45) is 0 Å². The summed E-state index contributed by atoms with van der Waals surface area (Å²) in [5.41, 5.74) is 3.25. The summed E-state index contributed by atoms with van der Waals surface area (Å²) in [6.07, 6.45) is 5.29. The molecule has 0 saturated carbocycles.